The summed E-state index contributed by atoms with van der Waals surface area (Å²) in [6.07, 6.45) is 1.51. The number of carbonyl (C=O) groups excluding carboxylic acids is 1. The number of amides is 1. The average molecular weight is 302 g/mol. The highest BCUT2D eigenvalue weighted by molar-refractivity contribution is 5.91. The van der Waals surface area contributed by atoms with E-state index in [1.807, 2.05) is 13.0 Å². The highest BCUT2D eigenvalue weighted by Crippen LogP contribution is 2.19. The number of nitrogens with zero attached hydrogens (tertiary/aromatic N) is 4. The van der Waals surface area contributed by atoms with Gasteiger partial charge >= 0.3 is 0 Å². The minimum atomic E-state index is -0.0684. The zero-order valence-corrected chi connectivity index (χ0v) is 12.7. The molecule has 1 aliphatic heterocycles. The van der Waals surface area contributed by atoms with Crippen molar-refractivity contribution < 1.29 is 13.9 Å². The molecule has 0 spiro atoms. The van der Waals surface area contributed by atoms with Crippen molar-refractivity contribution in [3.63, 3.8) is 0 Å². The van der Waals surface area contributed by atoms with Gasteiger partial charge in [-0.05, 0) is 19.1 Å². The number of ether oxygens (including phenoxy) is 1. The van der Waals surface area contributed by atoms with E-state index in [0.29, 0.717) is 43.6 Å². The van der Waals surface area contributed by atoms with Gasteiger partial charge in [-0.2, -0.15) is 4.98 Å². The fourth-order valence-corrected chi connectivity index (χ4v) is 2.49. The van der Waals surface area contributed by atoms with Gasteiger partial charge in [-0.25, -0.2) is 4.98 Å². The van der Waals surface area contributed by atoms with Crippen LogP contribution in [0.1, 0.15) is 16.4 Å². The fraction of sp³-hybridized carbons (Fsp3) is 0.400. The number of hydrogen-bond donors (Lipinski definition) is 0. The third-order valence-corrected chi connectivity index (χ3v) is 3.63. The lowest BCUT2D eigenvalue weighted by Crippen LogP contribution is -2.49. The van der Waals surface area contributed by atoms with E-state index in [1.165, 1.54) is 6.26 Å². The molecule has 2 aromatic rings. The number of furan rings is 1. The summed E-state index contributed by atoms with van der Waals surface area (Å²) in [5, 5.41) is 0. The Morgan fingerprint density at radius 3 is 2.68 bits per heavy atom. The molecule has 22 heavy (non-hydrogen) atoms. The minimum Gasteiger partial charge on any atom is -0.481 e. The zero-order chi connectivity index (χ0) is 15.5. The van der Waals surface area contributed by atoms with Crippen molar-refractivity contribution in [3.8, 4) is 5.88 Å². The average Bonchev–Trinajstić information content (AvgIpc) is 3.08. The summed E-state index contributed by atoms with van der Waals surface area (Å²) in [6, 6.07) is 5.23. The monoisotopic (exact) mass is 302 g/mol. The molecule has 0 radical (unpaired) electrons. The molecule has 0 aliphatic carbocycles. The largest absolute Gasteiger partial charge is 0.481 e. The van der Waals surface area contributed by atoms with Crippen LogP contribution in [0.2, 0.25) is 0 Å². The van der Waals surface area contributed by atoms with Crippen molar-refractivity contribution >= 4 is 11.7 Å². The van der Waals surface area contributed by atoms with Gasteiger partial charge in [0.1, 0.15) is 11.6 Å². The molecule has 0 bridgehead atoms. The van der Waals surface area contributed by atoms with Crippen LogP contribution in [0, 0.1) is 6.92 Å². The lowest BCUT2D eigenvalue weighted by molar-refractivity contribution is 0.0714. The Kier molecular flexibility index (Phi) is 3.95. The Morgan fingerprint density at radius 1 is 1.27 bits per heavy atom. The first kappa shape index (κ1) is 14.4. The number of methoxy groups -OCH3 is 1. The van der Waals surface area contributed by atoms with Crippen LogP contribution in [0.5, 0.6) is 5.88 Å². The molecule has 0 unspecified atom stereocenters. The Bertz CT molecular complexity index is 649. The highest BCUT2D eigenvalue weighted by atomic mass is 16.5. The van der Waals surface area contributed by atoms with E-state index in [4.69, 9.17) is 9.15 Å². The fourth-order valence-electron chi connectivity index (χ4n) is 2.49. The van der Waals surface area contributed by atoms with Gasteiger partial charge in [-0.15, -0.1) is 0 Å². The number of aromatic nitrogens is 2. The molecule has 1 fully saturated rings. The number of aryl methyl sites for hydroxylation is 1. The van der Waals surface area contributed by atoms with Gasteiger partial charge in [0.2, 0.25) is 5.88 Å². The first-order valence-corrected chi connectivity index (χ1v) is 7.15. The van der Waals surface area contributed by atoms with E-state index in [1.54, 1.807) is 24.1 Å². The molecule has 0 aromatic carbocycles. The SMILES string of the molecule is COc1cc(N2CCN(C(=O)c3ccco3)CC2)nc(C)n1. The summed E-state index contributed by atoms with van der Waals surface area (Å²) in [5.41, 5.74) is 0. The van der Waals surface area contributed by atoms with Crippen molar-refractivity contribution in [3.05, 3.63) is 36.0 Å². The summed E-state index contributed by atoms with van der Waals surface area (Å²) in [7, 11) is 1.59. The maximum absolute atomic E-state index is 12.2. The maximum Gasteiger partial charge on any atom is 0.289 e. The quantitative estimate of drug-likeness (QED) is 0.852. The van der Waals surface area contributed by atoms with Crippen LogP contribution >= 0.6 is 0 Å². The third-order valence-electron chi connectivity index (χ3n) is 3.63. The summed E-state index contributed by atoms with van der Waals surface area (Å²) in [5.74, 6) is 2.36. The van der Waals surface area contributed by atoms with Crippen molar-refractivity contribution in [1.82, 2.24) is 14.9 Å². The number of carbonyl (C=O) groups is 1. The van der Waals surface area contributed by atoms with Crippen molar-refractivity contribution in [2.24, 2.45) is 0 Å². The van der Waals surface area contributed by atoms with Gasteiger partial charge in [-0.3, -0.25) is 4.79 Å². The van der Waals surface area contributed by atoms with E-state index in [0.717, 1.165) is 5.82 Å². The Labute approximate surface area is 128 Å². The molecule has 1 amide bonds. The smallest absolute Gasteiger partial charge is 0.289 e. The van der Waals surface area contributed by atoms with Crippen LogP contribution < -0.4 is 9.64 Å². The zero-order valence-electron chi connectivity index (χ0n) is 12.7. The molecule has 116 valence electrons. The molecule has 3 heterocycles. The van der Waals surface area contributed by atoms with Crippen LogP contribution in [0.15, 0.2) is 28.9 Å². The van der Waals surface area contributed by atoms with Crippen molar-refractivity contribution in [1.29, 1.82) is 0 Å². The molecule has 1 aliphatic rings. The summed E-state index contributed by atoms with van der Waals surface area (Å²) >= 11 is 0. The van der Waals surface area contributed by atoms with Gasteiger partial charge in [0.05, 0.1) is 13.4 Å². The molecule has 0 atom stereocenters. The molecule has 2 aromatic heterocycles. The Hall–Kier alpha value is -2.57. The van der Waals surface area contributed by atoms with Crippen LogP contribution in [0.25, 0.3) is 0 Å². The summed E-state index contributed by atoms with van der Waals surface area (Å²) in [6.45, 7) is 4.52. The second kappa shape index (κ2) is 6.05. The molecule has 1 saturated heterocycles. The topological polar surface area (TPSA) is 71.7 Å². The number of hydrogen-bond acceptors (Lipinski definition) is 6. The Balaban J connectivity index is 1.67. The lowest BCUT2D eigenvalue weighted by atomic mass is 10.3. The lowest BCUT2D eigenvalue weighted by Gasteiger charge is -2.35. The minimum absolute atomic E-state index is 0.0684. The van der Waals surface area contributed by atoms with Crippen LogP contribution in [0.4, 0.5) is 5.82 Å². The van der Waals surface area contributed by atoms with Crippen molar-refractivity contribution in [2.75, 3.05) is 38.2 Å². The Morgan fingerprint density at radius 2 is 2.05 bits per heavy atom. The van der Waals surface area contributed by atoms with E-state index >= 15 is 0 Å². The molecular weight excluding hydrogens is 284 g/mol. The first-order chi connectivity index (χ1) is 10.7. The maximum atomic E-state index is 12.2. The van der Waals surface area contributed by atoms with Gasteiger partial charge < -0.3 is 19.0 Å². The summed E-state index contributed by atoms with van der Waals surface area (Å²) < 4.78 is 10.3. The summed E-state index contributed by atoms with van der Waals surface area (Å²) in [4.78, 5) is 24.8. The van der Waals surface area contributed by atoms with Crippen LogP contribution in [-0.2, 0) is 0 Å². The molecule has 7 heteroatoms. The van der Waals surface area contributed by atoms with Gasteiger partial charge in [-0.1, -0.05) is 0 Å². The normalized spacial score (nSPS) is 15.0. The standard InChI is InChI=1S/C15H18N4O3/c1-11-16-13(10-14(17-11)21-2)18-5-7-19(8-6-18)15(20)12-4-3-9-22-12/h3-4,9-10H,5-8H2,1-2H3. The second-order valence-electron chi connectivity index (χ2n) is 5.07. The molecule has 0 N–H and O–H groups in total. The molecule has 7 nitrogen and oxygen atoms in total. The van der Waals surface area contributed by atoms with Crippen LogP contribution in [0.3, 0.4) is 0 Å². The predicted molar refractivity (Wildman–Crippen MR) is 80.1 cm³/mol. The van der Waals surface area contributed by atoms with Crippen LogP contribution in [-0.4, -0.2) is 54.1 Å². The second-order valence-corrected chi connectivity index (χ2v) is 5.07. The highest BCUT2D eigenvalue weighted by Gasteiger charge is 2.24. The molecule has 3 rings (SSSR count). The number of rotatable bonds is 3. The molecular formula is C15H18N4O3. The van der Waals surface area contributed by atoms with E-state index < -0.39 is 0 Å². The first-order valence-electron chi connectivity index (χ1n) is 7.15. The van der Waals surface area contributed by atoms with Gasteiger partial charge in [0.15, 0.2) is 5.76 Å². The van der Waals surface area contributed by atoms with Crippen molar-refractivity contribution in [2.45, 2.75) is 6.92 Å². The van der Waals surface area contributed by atoms with Gasteiger partial charge in [0.25, 0.3) is 5.91 Å². The third kappa shape index (κ3) is 2.88. The molecule has 0 saturated carbocycles. The van der Waals surface area contributed by atoms with Gasteiger partial charge in [0, 0.05) is 32.2 Å². The number of piperazine rings is 1. The predicted octanol–water partition coefficient (Wildman–Crippen LogP) is 1.35. The van der Waals surface area contributed by atoms with E-state index in [9.17, 15) is 4.79 Å². The van der Waals surface area contributed by atoms with E-state index in [-0.39, 0.29) is 5.91 Å². The number of anilines is 1. The van der Waals surface area contributed by atoms with E-state index in [2.05, 4.69) is 14.9 Å².